The van der Waals surface area contributed by atoms with Gasteiger partial charge in [0.15, 0.2) is 5.79 Å². The molecule has 1 aliphatic heterocycles. The molecule has 3 rings (SSSR count). The van der Waals surface area contributed by atoms with Crippen molar-refractivity contribution < 1.29 is 14.6 Å². The summed E-state index contributed by atoms with van der Waals surface area (Å²) in [6.45, 7) is 7.67. The largest absolute Gasteiger partial charge is 0.379 e. The Hall–Kier alpha value is -2.16. The Labute approximate surface area is 168 Å². The van der Waals surface area contributed by atoms with Crippen molar-refractivity contribution in [2.45, 2.75) is 57.9 Å². The van der Waals surface area contributed by atoms with Crippen LogP contribution in [-0.2, 0) is 22.6 Å². The van der Waals surface area contributed by atoms with E-state index in [1.165, 1.54) is 11.1 Å². The van der Waals surface area contributed by atoms with Crippen LogP contribution in [0.4, 0.5) is 0 Å². The predicted octanol–water partition coefficient (Wildman–Crippen LogP) is 3.59. The summed E-state index contributed by atoms with van der Waals surface area (Å²) in [5.41, 5.74) is 2.42. The highest BCUT2D eigenvalue weighted by atomic mass is 16.7. The topological polar surface area (TPSA) is 41.9 Å². The third kappa shape index (κ3) is 5.92. The van der Waals surface area contributed by atoms with Gasteiger partial charge in [-0.2, -0.15) is 0 Å². The lowest BCUT2D eigenvalue weighted by atomic mass is 10.1. The lowest BCUT2D eigenvalue weighted by Gasteiger charge is -2.30. The zero-order chi connectivity index (χ0) is 20.0. The molecule has 0 bridgehead atoms. The second-order valence-corrected chi connectivity index (χ2v) is 7.67. The second kappa shape index (κ2) is 9.36. The number of ether oxygens (including phenoxy) is 2. The van der Waals surface area contributed by atoms with Crippen LogP contribution in [-0.4, -0.2) is 40.7 Å². The Bertz CT molecular complexity index is 753. The SMILES string of the molecule is C[C@H]([C@H](O)C#C[C@@H]1COC(C)(C)O1)N(Cc1ccccc1)Cc1ccccc1. The molecule has 148 valence electrons. The molecule has 1 heterocycles. The van der Waals surface area contributed by atoms with Gasteiger partial charge in [-0.15, -0.1) is 0 Å². The lowest BCUT2D eigenvalue weighted by Crippen LogP contribution is -2.40. The van der Waals surface area contributed by atoms with Crippen molar-refractivity contribution in [3.63, 3.8) is 0 Å². The molecule has 1 aliphatic rings. The molecule has 0 aromatic heterocycles. The third-order valence-corrected chi connectivity index (χ3v) is 4.89. The van der Waals surface area contributed by atoms with Gasteiger partial charge in [0.2, 0.25) is 0 Å². The quantitative estimate of drug-likeness (QED) is 0.779. The standard InChI is InChI=1S/C24H29NO3/c1-19(23(26)15-14-22-18-27-24(2,3)28-22)25(16-20-10-6-4-7-11-20)17-21-12-8-5-9-13-21/h4-13,19,22-23,26H,16-18H2,1-3H3/t19-,22-,23-/m1/s1. The van der Waals surface area contributed by atoms with Gasteiger partial charge in [0.1, 0.15) is 12.2 Å². The summed E-state index contributed by atoms with van der Waals surface area (Å²) in [4.78, 5) is 2.25. The van der Waals surface area contributed by atoms with Crippen LogP contribution in [0.2, 0.25) is 0 Å². The molecule has 4 heteroatoms. The first kappa shape index (κ1) is 20.6. The summed E-state index contributed by atoms with van der Waals surface area (Å²) in [5.74, 6) is 5.39. The Morgan fingerprint density at radius 3 is 2.04 bits per heavy atom. The first-order valence-corrected chi connectivity index (χ1v) is 9.76. The summed E-state index contributed by atoms with van der Waals surface area (Å²) in [6, 6.07) is 20.5. The van der Waals surface area contributed by atoms with E-state index in [4.69, 9.17) is 9.47 Å². The van der Waals surface area contributed by atoms with E-state index in [9.17, 15) is 5.11 Å². The van der Waals surface area contributed by atoms with Crippen LogP contribution in [0, 0.1) is 11.8 Å². The van der Waals surface area contributed by atoms with Gasteiger partial charge < -0.3 is 14.6 Å². The number of hydrogen-bond donors (Lipinski definition) is 1. The van der Waals surface area contributed by atoms with E-state index < -0.39 is 11.9 Å². The van der Waals surface area contributed by atoms with Crippen molar-refractivity contribution in [2.24, 2.45) is 0 Å². The lowest BCUT2D eigenvalue weighted by molar-refractivity contribution is -0.132. The maximum Gasteiger partial charge on any atom is 0.164 e. The molecule has 1 N–H and O–H groups in total. The van der Waals surface area contributed by atoms with Gasteiger partial charge in [0, 0.05) is 19.1 Å². The normalized spacial score (nSPS) is 20.4. The summed E-state index contributed by atoms with van der Waals surface area (Å²) < 4.78 is 11.2. The molecule has 0 unspecified atom stereocenters. The molecule has 3 atom stereocenters. The number of benzene rings is 2. The van der Waals surface area contributed by atoms with Crippen molar-refractivity contribution in [3.05, 3.63) is 71.8 Å². The Balaban J connectivity index is 1.71. The minimum Gasteiger partial charge on any atom is -0.379 e. The Kier molecular flexibility index (Phi) is 6.88. The van der Waals surface area contributed by atoms with Crippen LogP contribution in [0.5, 0.6) is 0 Å². The fourth-order valence-electron chi connectivity index (χ4n) is 3.24. The molecule has 4 nitrogen and oxygen atoms in total. The van der Waals surface area contributed by atoms with Gasteiger partial charge in [0.05, 0.1) is 6.61 Å². The van der Waals surface area contributed by atoms with E-state index in [1.54, 1.807) is 0 Å². The molecule has 0 aliphatic carbocycles. The minimum absolute atomic E-state index is 0.136. The van der Waals surface area contributed by atoms with E-state index >= 15 is 0 Å². The zero-order valence-corrected chi connectivity index (χ0v) is 16.8. The van der Waals surface area contributed by atoms with Gasteiger partial charge in [0.25, 0.3) is 0 Å². The smallest absolute Gasteiger partial charge is 0.164 e. The Morgan fingerprint density at radius 1 is 1.04 bits per heavy atom. The number of nitrogens with zero attached hydrogens (tertiary/aromatic N) is 1. The predicted molar refractivity (Wildman–Crippen MR) is 110 cm³/mol. The van der Waals surface area contributed by atoms with Crippen LogP contribution >= 0.6 is 0 Å². The van der Waals surface area contributed by atoms with Crippen LogP contribution < -0.4 is 0 Å². The molecular formula is C24H29NO3. The van der Waals surface area contributed by atoms with Crippen LogP contribution in [0.1, 0.15) is 31.9 Å². The Morgan fingerprint density at radius 2 is 1.57 bits per heavy atom. The highest BCUT2D eigenvalue weighted by Crippen LogP contribution is 2.22. The van der Waals surface area contributed by atoms with E-state index in [-0.39, 0.29) is 12.1 Å². The maximum atomic E-state index is 10.7. The average molecular weight is 380 g/mol. The summed E-state index contributed by atoms with van der Waals surface area (Å²) in [5, 5.41) is 10.7. The van der Waals surface area contributed by atoms with Gasteiger partial charge in [-0.3, -0.25) is 4.90 Å². The molecule has 0 spiro atoms. The third-order valence-electron chi connectivity index (χ3n) is 4.89. The minimum atomic E-state index is -0.778. The van der Waals surface area contributed by atoms with E-state index in [0.717, 1.165) is 13.1 Å². The molecule has 1 saturated heterocycles. The molecule has 1 fully saturated rings. The molecule has 0 radical (unpaired) electrons. The maximum absolute atomic E-state index is 10.7. The van der Waals surface area contributed by atoms with Crippen LogP contribution in [0.3, 0.4) is 0 Å². The molecular weight excluding hydrogens is 350 g/mol. The molecule has 2 aromatic carbocycles. The number of aliphatic hydroxyl groups is 1. The second-order valence-electron chi connectivity index (χ2n) is 7.67. The highest BCUT2D eigenvalue weighted by Gasteiger charge is 2.31. The van der Waals surface area contributed by atoms with Crippen LogP contribution in [0.25, 0.3) is 0 Å². The molecule has 2 aromatic rings. The van der Waals surface area contributed by atoms with Crippen molar-refractivity contribution in [3.8, 4) is 11.8 Å². The van der Waals surface area contributed by atoms with E-state index in [0.29, 0.717) is 6.61 Å². The van der Waals surface area contributed by atoms with Gasteiger partial charge in [-0.1, -0.05) is 72.5 Å². The summed E-state index contributed by atoms with van der Waals surface area (Å²) in [7, 11) is 0. The van der Waals surface area contributed by atoms with Gasteiger partial charge in [-0.25, -0.2) is 0 Å². The fraction of sp³-hybridized carbons (Fsp3) is 0.417. The first-order chi connectivity index (χ1) is 13.4. The van der Waals surface area contributed by atoms with Crippen molar-refractivity contribution in [1.29, 1.82) is 0 Å². The monoisotopic (exact) mass is 379 g/mol. The first-order valence-electron chi connectivity index (χ1n) is 9.76. The van der Waals surface area contributed by atoms with Crippen molar-refractivity contribution in [1.82, 2.24) is 4.90 Å². The fourth-order valence-corrected chi connectivity index (χ4v) is 3.24. The highest BCUT2D eigenvalue weighted by molar-refractivity contribution is 5.19. The van der Waals surface area contributed by atoms with Crippen molar-refractivity contribution in [2.75, 3.05) is 6.61 Å². The number of aliphatic hydroxyl groups excluding tert-OH is 1. The zero-order valence-electron chi connectivity index (χ0n) is 16.8. The van der Waals surface area contributed by atoms with Gasteiger partial charge >= 0.3 is 0 Å². The van der Waals surface area contributed by atoms with Crippen LogP contribution in [0.15, 0.2) is 60.7 Å². The van der Waals surface area contributed by atoms with E-state index in [2.05, 4.69) is 41.0 Å². The summed E-state index contributed by atoms with van der Waals surface area (Å²) >= 11 is 0. The average Bonchev–Trinajstić information content (AvgIpc) is 3.05. The molecule has 0 amide bonds. The van der Waals surface area contributed by atoms with Crippen molar-refractivity contribution >= 4 is 0 Å². The number of hydrogen-bond acceptors (Lipinski definition) is 4. The molecule has 28 heavy (non-hydrogen) atoms. The number of rotatable bonds is 6. The van der Waals surface area contributed by atoms with E-state index in [1.807, 2.05) is 57.2 Å². The molecule has 0 saturated carbocycles. The summed E-state index contributed by atoms with van der Waals surface area (Å²) in [6.07, 6.45) is -1.08. The van der Waals surface area contributed by atoms with Gasteiger partial charge in [-0.05, 0) is 31.9 Å².